The second-order valence-corrected chi connectivity index (χ2v) is 11.4. The lowest BCUT2D eigenvalue weighted by atomic mass is 10.0. The minimum absolute atomic E-state index is 0.0419. The Kier molecular flexibility index (Phi) is 9.31. The number of carbonyl (C=O) groups is 3. The number of amides is 3. The van der Waals surface area contributed by atoms with Gasteiger partial charge in [0, 0.05) is 38.0 Å². The van der Waals surface area contributed by atoms with Crippen LogP contribution in [0, 0.1) is 5.82 Å². The maximum absolute atomic E-state index is 14.7. The normalized spacial score (nSPS) is 14.4. The lowest BCUT2D eigenvalue weighted by Crippen LogP contribution is -2.50. The fraction of sp³-hybridized carbons (Fsp3) is 0.300. The zero-order valence-corrected chi connectivity index (χ0v) is 23.1. The number of rotatable bonds is 12. The molecule has 4 rings (SSSR count). The molecule has 0 aliphatic carbocycles. The Bertz CT molecular complexity index is 1480. The topological polar surface area (TPSA) is 104 Å². The van der Waals surface area contributed by atoms with E-state index in [4.69, 9.17) is 0 Å². The number of nitrogens with one attached hydrogen (secondary N) is 1. The summed E-state index contributed by atoms with van der Waals surface area (Å²) >= 11 is 0. The van der Waals surface area contributed by atoms with E-state index in [9.17, 15) is 27.2 Å². The summed E-state index contributed by atoms with van der Waals surface area (Å²) in [6, 6.07) is 20.4. The van der Waals surface area contributed by atoms with E-state index in [1.165, 1.54) is 23.1 Å². The van der Waals surface area contributed by atoms with Gasteiger partial charge in [-0.15, -0.1) is 0 Å². The molecule has 3 aromatic carbocycles. The molecule has 0 saturated carbocycles. The third-order valence-corrected chi connectivity index (χ3v) is 8.62. The summed E-state index contributed by atoms with van der Waals surface area (Å²) in [5.41, 5.74) is 1.19. The van der Waals surface area contributed by atoms with Crippen molar-refractivity contribution in [1.29, 1.82) is 0 Å². The van der Waals surface area contributed by atoms with E-state index in [2.05, 4.69) is 5.32 Å². The van der Waals surface area contributed by atoms with E-state index >= 15 is 0 Å². The Labute approximate surface area is 233 Å². The third kappa shape index (κ3) is 6.39. The van der Waals surface area contributed by atoms with Gasteiger partial charge in [0.25, 0.3) is 15.9 Å². The van der Waals surface area contributed by atoms with Gasteiger partial charge in [-0.2, -0.15) is 0 Å². The number of sulfonamides is 1. The second kappa shape index (κ2) is 12.9. The minimum Gasteiger partial charge on any atom is -0.354 e. The van der Waals surface area contributed by atoms with Gasteiger partial charge in [0.05, 0.1) is 5.56 Å². The summed E-state index contributed by atoms with van der Waals surface area (Å²) in [6.45, 7) is 2.00. The van der Waals surface area contributed by atoms with Crippen LogP contribution < -0.4 is 5.32 Å². The zero-order valence-electron chi connectivity index (χ0n) is 22.3. The van der Waals surface area contributed by atoms with E-state index in [-0.39, 0.29) is 54.3 Å². The molecule has 1 aliphatic rings. The molecule has 10 heteroatoms. The molecule has 3 amide bonds. The predicted octanol–water partition coefficient (Wildman–Crippen LogP) is 3.92. The summed E-state index contributed by atoms with van der Waals surface area (Å²) in [5.74, 6) is -1.94. The first kappa shape index (κ1) is 28.9. The monoisotopic (exact) mass is 565 g/mol. The molecule has 0 saturated heterocycles. The van der Waals surface area contributed by atoms with Crippen molar-refractivity contribution >= 4 is 27.7 Å². The van der Waals surface area contributed by atoms with Crippen molar-refractivity contribution in [3.63, 3.8) is 0 Å². The maximum atomic E-state index is 14.7. The van der Waals surface area contributed by atoms with Crippen LogP contribution in [-0.2, 0) is 32.6 Å². The number of benzene rings is 3. The molecule has 0 bridgehead atoms. The zero-order chi connectivity index (χ0) is 28.7. The second-order valence-electron chi connectivity index (χ2n) is 9.59. The largest absolute Gasteiger partial charge is 0.354 e. The first-order chi connectivity index (χ1) is 19.2. The standard InChI is InChI=1S/C30H32FN3O5S/c1-2-18-32-29(36)26(20-22-11-4-3-5-12-22)33(21-23-13-6-8-15-25(23)31)28(35)17-10-19-34-30(37)24-14-7-9-16-27(24)40(34,38)39/h3-9,11-16,26H,2,10,17-21H2,1H3,(H,32,36)/t26-/m0/s1. The Hall–Kier alpha value is -4.05. The Morgan fingerprint density at radius 3 is 2.35 bits per heavy atom. The van der Waals surface area contributed by atoms with Crippen molar-refractivity contribution in [2.75, 3.05) is 13.1 Å². The molecule has 0 spiro atoms. The SMILES string of the molecule is CCCNC(=O)[C@H](Cc1ccccc1)N(Cc1ccccc1F)C(=O)CCCN1C(=O)c2ccccc2S1(=O)=O. The molecule has 8 nitrogen and oxygen atoms in total. The summed E-state index contributed by atoms with van der Waals surface area (Å²) in [7, 11) is -4.00. The van der Waals surface area contributed by atoms with Gasteiger partial charge in [0.2, 0.25) is 11.8 Å². The number of hydrogen-bond donors (Lipinski definition) is 1. The van der Waals surface area contributed by atoms with Gasteiger partial charge < -0.3 is 10.2 Å². The number of halogens is 1. The third-order valence-electron chi connectivity index (χ3n) is 6.78. The fourth-order valence-electron chi connectivity index (χ4n) is 4.70. The highest BCUT2D eigenvalue weighted by molar-refractivity contribution is 7.90. The summed E-state index contributed by atoms with van der Waals surface area (Å²) in [4.78, 5) is 41.1. The molecule has 3 aromatic rings. The molecule has 0 aromatic heterocycles. The van der Waals surface area contributed by atoms with Crippen LogP contribution in [0.25, 0.3) is 0 Å². The van der Waals surface area contributed by atoms with Crippen molar-refractivity contribution in [2.24, 2.45) is 0 Å². The van der Waals surface area contributed by atoms with Gasteiger partial charge >= 0.3 is 0 Å². The average molecular weight is 566 g/mol. The van der Waals surface area contributed by atoms with E-state index in [1.807, 2.05) is 37.3 Å². The first-order valence-electron chi connectivity index (χ1n) is 13.2. The van der Waals surface area contributed by atoms with Crippen LogP contribution >= 0.6 is 0 Å². The van der Waals surface area contributed by atoms with E-state index < -0.39 is 33.7 Å². The van der Waals surface area contributed by atoms with Crippen LogP contribution in [0.4, 0.5) is 4.39 Å². The van der Waals surface area contributed by atoms with Crippen molar-refractivity contribution in [2.45, 2.75) is 50.1 Å². The highest BCUT2D eigenvalue weighted by atomic mass is 32.2. The fourth-order valence-corrected chi connectivity index (χ4v) is 6.31. The molecular weight excluding hydrogens is 533 g/mol. The van der Waals surface area contributed by atoms with Crippen molar-refractivity contribution in [3.05, 3.63) is 101 Å². The van der Waals surface area contributed by atoms with Gasteiger partial charge in [0.1, 0.15) is 16.8 Å². The van der Waals surface area contributed by atoms with Gasteiger partial charge in [-0.1, -0.05) is 67.6 Å². The van der Waals surface area contributed by atoms with Crippen LogP contribution in [0.1, 0.15) is 47.7 Å². The quantitative estimate of drug-likeness (QED) is 0.359. The van der Waals surface area contributed by atoms with Gasteiger partial charge in [-0.3, -0.25) is 14.4 Å². The Morgan fingerprint density at radius 2 is 1.65 bits per heavy atom. The average Bonchev–Trinajstić information content (AvgIpc) is 3.15. The number of nitrogens with zero attached hydrogens (tertiary/aromatic N) is 2. The van der Waals surface area contributed by atoms with Crippen molar-refractivity contribution in [1.82, 2.24) is 14.5 Å². The van der Waals surface area contributed by atoms with Crippen LogP contribution in [0.2, 0.25) is 0 Å². The number of carbonyl (C=O) groups excluding carboxylic acids is 3. The Morgan fingerprint density at radius 1 is 0.975 bits per heavy atom. The van der Waals surface area contributed by atoms with Crippen LogP contribution in [0.3, 0.4) is 0 Å². The highest BCUT2D eigenvalue weighted by Crippen LogP contribution is 2.30. The van der Waals surface area contributed by atoms with Crippen LogP contribution in [0.5, 0.6) is 0 Å². The predicted molar refractivity (Wildman–Crippen MR) is 148 cm³/mol. The summed E-state index contributed by atoms with van der Waals surface area (Å²) < 4.78 is 41.3. The molecule has 0 radical (unpaired) electrons. The number of fused-ring (bicyclic) bond motifs is 1. The van der Waals surface area contributed by atoms with E-state index in [0.717, 1.165) is 9.87 Å². The smallest absolute Gasteiger partial charge is 0.269 e. The van der Waals surface area contributed by atoms with Crippen molar-refractivity contribution < 1.29 is 27.2 Å². The van der Waals surface area contributed by atoms with Crippen molar-refractivity contribution in [3.8, 4) is 0 Å². The first-order valence-corrected chi connectivity index (χ1v) is 14.7. The summed E-state index contributed by atoms with van der Waals surface area (Å²) in [5, 5.41) is 2.86. The van der Waals surface area contributed by atoms with E-state index in [0.29, 0.717) is 13.0 Å². The van der Waals surface area contributed by atoms with Gasteiger partial charge in [-0.25, -0.2) is 17.1 Å². The van der Waals surface area contributed by atoms with Crippen LogP contribution in [-0.4, -0.2) is 54.5 Å². The molecule has 0 fully saturated rings. The molecule has 0 unspecified atom stereocenters. The van der Waals surface area contributed by atoms with E-state index in [1.54, 1.807) is 30.3 Å². The lowest BCUT2D eigenvalue weighted by molar-refractivity contribution is -0.141. The molecule has 40 heavy (non-hydrogen) atoms. The minimum atomic E-state index is -4.00. The lowest BCUT2D eigenvalue weighted by Gasteiger charge is -2.32. The summed E-state index contributed by atoms with van der Waals surface area (Å²) in [6.07, 6.45) is 0.813. The molecule has 1 heterocycles. The highest BCUT2D eigenvalue weighted by Gasteiger charge is 2.40. The van der Waals surface area contributed by atoms with Gasteiger partial charge in [0.15, 0.2) is 0 Å². The van der Waals surface area contributed by atoms with Gasteiger partial charge in [-0.05, 0) is 36.6 Å². The molecule has 1 atom stereocenters. The molecule has 1 aliphatic heterocycles. The number of hydrogen-bond acceptors (Lipinski definition) is 5. The molecule has 210 valence electrons. The Balaban J connectivity index is 1.56. The van der Waals surface area contributed by atoms with Crippen LogP contribution in [0.15, 0.2) is 83.8 Å². The maximum Gasteiger partial charge on any atom is 0.269 e. The molecule has 1 N–H and O–H groups in total. The molecular formula is C30H32FN3O5S.